The third-order valence-corrected chi connectivity index (χ3v) is 2.90. The van der Waals surface area contributed by atoms with E-state index < -0.39 is 11.7 Å². The van der Waals surface area contributed by atoms with Crippen LogP contribution < -0.4 is 5.32 Å². The third-order valence-electron chi connectivity index (χ3n) is 2.90. The summed E-state index contributed by atoms with van der Waals surface area (Å²) in [5.41, 5.74) is 1.28. The van der Waals surface area contributed by atoms with Crippen LogP contribution in [0, 0.1) is 0 Å². The molecule has 0 saturated carbocycles. The lowest BCUT2D eigenvalue weighted by atomic mass is 10.0. The van der Waals surface area contributed by atoms with E-state index >= 15 is 0 Å². The van der Waals surface area contributed by atoms with Crippen molar-refractivity contribution in [3.05, 3.63) is 47.0 Å². The molecule has 0 aromatic heterocycles. The molecule has 0 fully saturated rings. The topological polar surface area (TPSA) is 12.0 Å². The summed E-state index contributed by atoms with van der Waals surface area (Å²) in [6.45, 7) is 6.91. The Morgan fingerprint density at radius 3 is 2.55 bits per heavy atom. The second-order valence-electron chi connectivity index (χ2n) is 5.21. The maximum Gasteiger partial charge on any atom is 0.416 e. The Hall–Kier alpha value is -1.29. The lowest BCUT2D eigenvalue weighted by Gasteiger charge is -2.16. The van der Waals surface area contributed by atoms with Crippen molar-refractivity contribution in [3.63, 3.8) is 0 Å². The Morgan fingerprint density at radius 1 is 1.30 bits per heavy atom. The smallest absolute Gasteiger partial charge is 0.310 e. The molecule has 1 aromatic rings. The molecule has 112 valence electrons. The van der Waals surface area contributed by atoms with Crippen LogP contribution in [-0.4, -0.2) is 12.6 Å². The summed E-state index contributed by atoms with van der Waals surface area (Å²) in [7, 11) is 0. The first-order valence-corrected chi connectivity index (χ1v) is 6.87. The molecule has 0 aliphatic heterocycles. The Kier molecular flexibility index (Phi) is 6.27. The molecule has 1 rings (SSSR count). The molecule has 1 atom stereocenters. The normalized spacial score (nSPS) is 13.1. The summed E-state index contributed by atoms with van der Waals surface area (Å²) in [4.78, 5) is 0. The highest BCUT2D eigenvalue weighted by Gasteiger charge is 2.30. The average Bonchev–Trinajstić information content (AvgIpc) is 2.34. The number of nitrogens with one attached hydrogen (secondary N) is 1. The van der Waals surface area contributed by atoms with Gasteiger partial charge in [0.1, 0.15) is 0 Å². The Morgan fingerprint density at radius 2 is 2.00 bits per heavy atom. The van der Waals surface area contributed by atoms with Crippen LogP contribution in [0.3, 0.4) is 0 Å². The molecule has 0 amide bonds. The van der Waals surface area contributed by atoms with Gasteiger partial charge in [-0.3, -0.25) is 0 Å². The van der Waals surface area contributed by atoms with Gasteiger partial charge in [0, 0.05) is 6.04 Å². The number of halogens is 3. The molecule has 0 spiro atoms. The second kappa shape index (κ2) is 7.48. The van der Waals surface area contributed by atoms with Gasteiger partial charge in [-0.1, -0.05) is 36.8 Å². The molecule has 0 saturated heterocycles. The van der Waals surface area contributed by atoms with Gasteiger partial charge in [-0.2, -0.15) is 13.2 Å². The molecule has 20 heavy (non-hydrogen) atoms. The maximum atomic E-state index is 12.7. The van der Waals surface area contributed by atoms with Crippen molar-refractivity contribution >= 4 is 0 Å². The molecule has 0 bridgehead atoms. The largest absolute Gasteiger partial charge is 0.416 e. The van der Waals surface area contributed by atoms with Gasteiger partial charge in [0.05, 0.1) is 5.56 Å². The standard InChI is InChI=1S/C16H22F3N/c1-4-8-20-15(9-12(2)3)11-13-6-5-7-14(10-13)16(17,18)19/h5-7,9-10,15,20H,4,8,11H2,1-3H3. The highest BCUT2D eigenvalue weighted by atomic mass is 19.4. The van der Waals surface area contributed by atoms with Crippen LogP contribution in [0.25, 0.3) is 0 Å². The van der Waals surface area contributed by atoms with Crippen molar-refractivity contribution < 1.29 is 13.2 Å². The highest BCUT2D eigenvalue weighted by molar-refractivity contribution is 5.27. The molecule has 1 unspecified atom stereocenters. The van der Waals surface area contributed by atoms with Crippen LogP contribution in [0.15, 0.2) is 35.9 Å². The van der Waals surface area contributed by atoms with Gasteiger partial charge in [-0.05, 0) is 44.9 Å². The molecule has 1 nitrogen and oxygen atoms in total. The molecule has 0 heterocycles. The summed E-state index contributed by atoms with van der Waals surface area (Å²) in [5.74, 6) is 0. The lowest BCUT2D eigenvalue weighted by Crippen LogP contribution is -2.30. The van der Waals surface area contributed by atoms with E-state index in [0.29, 0.717) is 12.0 Å². The van der Waals surface area contributed by atoms with Crippen LogP contribution in [0.1, 0.15) is 38.3 Å². The van der Waals surface area contributed by atoms with Crippen LogP contribution in [0.4, 0.5) is 13.2 Å². The summed E-state index contributed by atoms with van der Waals surface area (Å²) < 4.78 is 38.1. The predicted octanol–water partition coefficient (Wildman–Crippen LogP) is 4.58. The minimum atomic E-state index is -4.28. The Bertz CT molecular complexity index is 445. The second-order valence-corrected chi connectivity index (χ2v) is 5.21. The van der Waals surface area contributed by atoms with Crippen LogP contribution >= 0.6 is 0 Å². The average molecular weight is 285 g/mol. The summed E-state index contributed by atoms with van der Waals surface area (Å²) in [6.07, 6.45) is -0.653. The van der Waals surface area contributed by atoms with E-state index in [1.165, 1.54) is 12.1 Å². The van der Waals surface area contributed by atoms with Gasteiger partial charge < -0.3 is 5.32 Å². The molecular weight excluding hydrogens is 263 g/mol. The van der Waals surface area contributed by atoms with E-state index in [1.54, 1.807) is 6.07 Å². The fourth-order valence-corrected chi connectivity index (χ4v) is 2.05. The molecule has 0 radical (unpaired) electrons. The number of hydrogen-bond acceptors (Lipinski definition) is 1. The number of hydrogen-bond donors (Lipinski definition) is 1. The van der Waals surface area contributed by atoms with Gasteiger partial charge in [-0.15, -0.1) is 0 Å². The molecule has 0 aliphatic rings. The van der Waals surface area contributed by atoms with Gasteiger partial charge in [0.25, 0.3) is 0 Å². The van der Waals surface area contributed by atoms with E-state index in [2.05, 4.69) is 18.3 Å². The summed E-state index contributed by atoms with van der Waals surface area (Å²) in [5, 5.41) is 3.35. The predicted molar refractivity (Wildman–Crippen MR) is 76.7 cm³/mol. The fourth-order valence-electron chi connectivity index (χ4n) is 2.05. The van der Waals surface area contributed by atoms with Gasteiger partial charge >= 0.3 is 6.18 Å². The summed E-state index contributed by atoms with van der Waals surface area (Å²) in [6, 6.07) is 5.63. The number of rotatable bonds is 6. The minimum absolute atomic E-state index is 0.0726. The zero-order chi connectivity index (χ0) is 15.2. The molecule has 1 N–H and O–H groups in total. The monoisotopic (exact) mass is 285 g/mol. The quantitative estimate of drug-likeness (QED) is 0.754. The van der Waals surface area contributed by atoms with Crippen molar-refractivity contribution in [1.29, 1.82) is 0 Å². The minimum Gasteiger partial charge on any atom is -0.310 e. The molecule has 4 heteroatoms. The van der Waals surface area contributed by atoms with Gasteiger partial charge in [0.15, 0.2) is 0 Å². The highest BCUT2D eigenvalue weighted by Crippen LogP contribution is 2.29. The first-order chi connectivity index (χ1) is 9.32. The van der Waals surface area contributed by atoms with E-state index in [-0.39, 0.29) is 6.04 Å². The maximum absolute atomic E-state index is 12.7. The SMILES string of the molecule is CCCNC(C=C(C)C)Cc1cccc(C(F)(F)F)c1. The first kappa shape index (κ1) is 16.8. The van der Waals surface area contributed by atoms with Crippen LogP contribution in [0.5, 0.6) is 0 Å². The number of alkyl halides is 3. The molecule has 0 aliphatic carbocycles. The van der Waals surface area contributed by atoms with E-state index in [1.807, 2.05) is 13.8 Å². The van der Waals surface area contributed by atoms with Crippen molar-refractivity contribution in [2.24, 2.45) is 0 Å². The Balaban J connectivity index is 2.85. The van der Waals surface area contributed by atoms with Crippen molar-refractivity contribution in [2.45, 2.75) is 45.8 Å². The lowest BCUT2D eigenvalue weighted by molar-refractivity contribution is -0.137. The van der Waals surface area contributed by atoms with Crippen LogP contribution in [0.2, 0.25) is 0 Å². The zero-order valence-corrected chi connectivity index (χ0v) is 12.2. The summed E-state index contributed by atoms with van der Waals surface area (Å²) >= 11 is 0. The van der Waals surface area contributed by atoms with Gasteiger partial charge in [-0.25, -0.2) is 0 Å². The Labute approximate surface area is 118 Å². The van der Waals surface area contributed by atoms with Crippen molar-refractivity contribution in [2.75, 3.05) is 6.54 Å². The fraction of sp³-hybridized carbons (Fsp3) is 0.500. The van der Waals surface area contributed by atoms with Crippen LogP contribution in [-0.2, 0) is 12.6 Å². The van der Waals surface area contributed by atoms with E-state index in [0.717, 1.165) is 24.6 Å². The van der Waals surface area contributed by atoms with Crippen molar-refractivity contribution in [3.8, 4) is 0 Å². The molecule has 1 aromatic carbocycles. The molecular formula is C16H22F3N. The van der Waals surface area contributed by atoms with E-state index in [4.69, 9.17) is 0 Å². The zero-order valence-electron chi connectivity index (χ0n) is 12.2. The number of benzene rings is 1. The third kappa shape index (κ3) is 5.78. The first-order valence-electron chi connectivity index (χ1n) is 6.87. The number of allylic oxidation sites excluding steroid dienone is 1. The van der Waals surface area contributed by atoms with E-state index in [9.17, 15) is 13.2 Å². The van der Waals surface area contributed by atoms with Crippen molar-refractivity contribution in [1.82, 2.24) is 5.32 Å². The van der Waals surface area contributed by atoms with Gasteiger partial charge in [0.2, 0.25) is 0 Å².